The quantitative estimate of drug-likeness (QED) is 0.796. The summed E-state index contributed by atoms with van der Waals surface area (Å²) >= 11 is 0. The van der Waals surface area contributed by atoms with Gasteiger partial charge in [0.1, 0.15) is 5.41 Å². The molecule has 0 atom stereocenters. The van der Waals surface area contributed by atoms with E-state index < -0.39 is 11.4 Å². The smallest absolute Gasteiger partial charge is 0.319 e. The lowest BCUT2D eigenvalue weighted by Crippen LogP contribution is -2.53. The normalized spacial score (nSPS) is 24.3. The Morgan fingerprint density at radius 2 is 1.48 bits per heavy atom. The Labute approximate surface area is 136 Å². The molecule has 23 heavy (non-hydrogen) atoms. The van der Waals surface area contributed by atoms with E-state index >= 15 is 0 Å². The van der Waals surface area contributed by atoms with E-state index in [-0.39, 0.29) is 11.8 Å². The number of piperazine rings is 1. The first kappa shape index (κ1) is 16.3. The summed E-state index contributed by atoms with van der Waals surface area (Å²) < 4.78 is 0. The number of hydrogen-bond acceptors (Lipinski definition) is 3. The zero-order chi connectivity index (χ0) is 16.4. The number of nitrogens with zero attached hydrogens (tertiary/aromatic N) is 2. The largest absolute Gasteiger partial charge is 0.480 e. The van der Waals surface area contributed by atoms with Crippen molar-refractivity contribution in [2.75, 3.05) is 26.2 Å². The summed E-state index contributed by atoms with van der Waals surface area (Å²) in [7, 11) is 0. The maximum Gasteiger partial charge on any atom is 0.319 e. The van der Waals surface area contributed by atoms with Gasteiger partial charge in [-0.15, -0.1) is 0 Å². The van der Waals surface area contributed by atoms with Gasteiger partial charge in [-0.2, -0.15) is 0 Å². The Kier molecular flexibility index (Phi) is 4.60. The van der Waals surface area contributed by atoms with Crippen LogP contribution < -0.4 is 0 Å². The molecule has 6 heteroatoms. The molecule has 3 rings (SSSR count). The fourth-order valence-corrected chi connectivity index (χ4v) is 3.87. The van der Waals surface area contributed by atoms with Crippen LogP contribution in [0.4, 0.5) is 0 Å². The van der Waals surface area contributed by atoms with E-state index in [0.29, 0.717) is 51.4 Å². The summed E-state index contributed by atoms with van der Waals surface area (Å²) in [5.74, 6) is -0.538. The highest BCUT2D eigenvalue weighted by atomic mass is 16.4. The highest BCUT2D eigenvalue weighted by Crippen LogP contribution is 2.47. The van der Waals surface area contributed by atoms with Crippen molar-refractivity contribution in [1.82, 2.24) is 9.80 Å². The van der Waals surface area contributed by atoms with Gasteiger partial charge in [0.2, 0.25) is 11.8 Å². The molecule has 1 aliphatic heterocycles. The molecule has 0 radical (unpaired) electrons. The fourth-order valence-electron chi connectivity index (χ4n) is 3.87. The number of carboxylic acids is 1. The van der Waals surface area contributed by atoms with E-state index in [9.17, 15) is 19.5 Å². The van der Waals surface area contributed by atoms with Gasteiger partial charge in [0, 0.05) is 32.6 Å². The van der Waals surface area contributed by atoms with Crippen molar-refractivity contribution in [3.8, 4) is 0 Å². The van der Waals surface area contributed by atoms with Crippen LogP contribution in [0.2, 0.25) is 0 Å². The highest BCUT2D eigenvalue weighted by molar-refractivity contribution is 6.04. The van der Waals surface area contributed by atoms with Crippen LogP contribution in [0.1, 0.15) is 51.4 Å². The molecule has 128 valence electrons. The van der Waals surface area contributed by atoms with Crippen LogP contribution in [0.15, 0.2) is 0 Å². The van der Waals surface area contributed by atoms with Crippen molar-refractivity contribution in [3.63, 3.8) is 0 Å². The van der Waals surface area contributed by atoms with Gasteiger partial charge >= 0.3 is 5.97 Å². The van der Waals surface area contributed by atoms with Gasteiger partial charge in [-0.05, 0) is 31.6 Å². The predicted molar refractivity (Wildman–Crippen MR) is 83.7 cm³/mol. The molecule has 2 amide bonds. The van der Waals surface area contributed by atoms with Crippen molar-refractivity contribution in [2.45, 2.75) is 51.4 Å². The van der Waals surface area contributed by atoms with Gasteiger partial charge in [0.15, 0.2) is 0 Å². The van der Waals surface area contributed by atoms with E-state index in [1.54, 1.807) is 4.90 Å². The van der Waals surface area contributed by atoms with E-state index in [1.165, 1.54) is 19.3 Å². The van der Waals surface area contributed by atoms with Gasteiger partial charge < -0.3 is 14.9 Å². The Morgan fingerprint density at radius 1 is 0.913 bits per heavy atom. The Balaban J connectivity index is 1.47. The first-order valence-corrected chi connectivity index (χ1v) is 8.83. The molecule has 0 spiro atoms. The van der Waals surface area contributed by atoms with Crippen molar-refractivity contribution < 1.29 is 19.5 Å². The second kappa shape index (κ2) is 6.49. The molecule has 3 fully saturated rings. The number of aliphatic carboxylic acids is 1. The SMILES string of the molecule is O=C(CC1CCCCC1)N1CCN(C(=O)C2(C(=O)O)CC2)CC1. The molecular formula is C17H26N2O4. The van der Waals surface area contributed by atoms with Crippen molar-refractivity contribution >= 4 is 17.8 Å². The third-order valence-corrected chi connectivity index (χ3v) is 5.68. The molecule has 2 aliphatic carbocycles. The number of carbonyl (C=O) groups excluding carboxylic acids is 2. The lowest BCUT2D eigenvalue weighted by Gasteiger charge is -2.36. The molecule has 1 heterocycles. The van der Waals surface area contributed by atoms with Crippen molar-refractivity contribution in [2.24, 2.45) is 11.3 Å². The van der Waals surface area contributed by atoms with Gasteiger partial charge in [-0.25, -0.2) is 0 Å². The maximum atomic E-state index is 12.4. The van der Waals surface area contributed by atoms with Crippen LogP contribution in [0.5, 0.6) is 0 Å². The Morgan fingerprint density at radius 3 is 2.00 bits per heavy atom. The van der Waals surface area contributed by atoms with Crippen molar-refractivity contribution in [1.29, 1.82) is 0 Å². The first-order valence-electron chi connectivity index (χ1n) is 8.83. The summed E-state index contributed by atoms with van der Waals surface area (Å²) in [6, 6.07) is 0. The third kappa shape index (κ3) is 3.35. The average Bonchev–Trinajstić information content (AvgIpc) is 3.37. The van der Waals surface area contributed by atoms with E-state index in [0.717, 1.165) is 12.8 Å². The summed E-state index contributed by atoms with van der Waals surface area (Å²) in [5, 5.41) is 9.22. The van der Waals surface area contributed by atoms with Gasteiger partial charge in [0.25, 0.3) is 0 Å². The molecule has 2 saturated carbocycles. The Hall–Kier alpha value is -1.59. The summed E-state index contributed by atoms with van der Waals surface area (Å²) in [6.07, 6.45) is 7.60. The lowest BCUT2D eigenvalue weighted by atomic mass is 9.86. The molecule has 3 aliphatic rings. The minimum absolute atomic E-state index is 0.198. The number of carbonyl (C=O) groups is 3. The molecule has 6 nitrogen and oxygen atoms in total. The lowest BCUT2D eigenvalue weighted by molar-refractivity contribution is -0.155. The zero-order valence-corrected chi connectivity index (χ0v) is 13.6. The number of rotatable bonds is 4. The van der Waals surface area contributed by atoms with Crippen LogP contribution >= 0.6 is 0 Å². The molecule has 0 bridgehead atoms. The number of hydrogen-bond donors (Lipinski definition) is 1. The minimum Gasteiger partial charge on any atom is -0.480 e. The molecular weight excluding hydrogens is 296 g/mol. The number of amides is 2. The molecule has 0 aromatic carbocycles. The monoisotopic (exact) mass is 322 g/mol. The van der Waals surface area contributed by atoms with Crippen LogP contribution in [0.3, 0.4) is 0 Å². The van der Waals surface area contributed by atoms with Gasteiger partial charge in [-0.1, -0.05) is 19.3 Å². The number of carboxylic acid groups (broad SMARTS) is 1. The van der Waals surface area contributed by atoms with Crippen LogP contribution in [0.25, 0.3) is 0 Å². The minimum atomic E-state index is -1.16. The van der Waals surface area contributed by atoms with Crippen molar-refractivity contribution in [3.05, 3.63) is 0 Å². The third-order valence-electron chi connectivity index (χ3n) is 5.68. The highest BCUT2D eigenvalue weighted by Gasteiger charge is 2.58. The second-order valence-electron chi connectivity index (χ2n) is 7.27. The topological polar surface area (TPSA) is 77.9 Å². The molecule has 0 unspecified atom stereocenters. The molecule has 1 saturated heterocycles. The standard InChI is InChI=1S/C17H26N2O4/c20-14(12-13-4-2-1-3-5-13)18-8-10-19(11-9-18)15(21)17(6-7-17)16(22)23/h13H,1-12H2,(H,22,23). The predicted octanol–water partition coefficient (Wildman–Crippen LogP) is 1.49. The Bertz CT molecular complexity index is 487. The van der Waals surface area contributed by atoms with Crippen LogP contribution in [-0.4, -0.2) is 58.9 Å². The first-order chi connectivity index (χ1) is 11.0. The van der Waals surface area contributed by atoms with Gasteiger partial charge in [0.05, 0.1) is 0 Å². The fraction of sp³-hybridized carbons (Fsp3) is 0.824. The second-order valence-corrected chi connectivity index (χ2v) is 7.27. The molecule has 0 aromatic heterocycles. The average molecular weight is 322 g/mol. The van der Waals surface area contributed by atoms with Gasteiger partial charge in [-0.3, -0.25) is 14.4 Å². The van der Waals surface area contributed by atoms with E-state index in [1.807, 2.05) is 4.90 Å². The zero-order valence-electron chi connectivity index (χ0n) is 13.6. The van der Waals surface area contributed by atoms with E-state index in [2.05, 4.69) is 0 Å². The summed E-state index contributed by atoms with van der Waals surface area (Å²) in [5.41, 5.74) is -1.16. The maximum absolute atomic E-state index is 12.4. The van der Waals surface area contributed by atoms with Crippen LogP contribution in [-0.2, 0) is 14.4 Å². The summed E-state index contributed by atoms with van der Waals surface area (Å²) in [4.78, 5) is 39.5. The summed E-state index contributed by atoms with van der Waals surface area (Å²) in [6.45, 7) is 1.99. The molecule has 0 aromatic rings. The molecule has 1 N–H and O–H groups in total. The van der Waals surface area contributed by atoms with E-state index in [4.69, 9.17) is 0 Å². The van der Waals surface area contributed by atoms with Crippen LogP contribution in [0, 0.1) is 11.3 Å².